The summed E-state index contributed by atoms with van der Waals surface area (Å²) in [5.74, 6) is 0.511. The summed E-state index contributed by atoms with van der Waals surface area (Å²) >= 11 is 5.64. The van der Waals surface area contributed by atoms with Crippen molar-refractivity contribution in [3.8, 4) is 0 Å². The lowest BCUT2D eigenvalue weighted by molar-refractivity contribution is 0.0320. The number of sulfonamides is 1. The van der Waals surface area contributed by atoms with E-state index in [1.165, 1.54) is 14.2 Å². The highest BCUT2D eigenvalue weighted by atomic mass is 35.5. The molecular weight excluding hydrogens is 302 g/mol. The Bertz CT molecular complexity index is 490. The average Bonchev–Trinajstić information content (AvgIpc) is 2.44. The van der Waals surface area contributed by atoms with E-state index >= 15 is 0 Å². The van der Waals surface area contributed by atoms with Crippen LogP contribution in [0.1, 0.15) is 5.56 Å². The smallest absolute Gasteiger partial charge is 0.240 e. The summed E-state index contributed by atoms with van der Waals surface area (Å²) < 4.78 is 36.7. The molecule has 5 nitrogen and oxygen atoms in total. The second-order valence-corrected chi connectivity index (χ2v) is 6.39. The van der Waals surface area contributed by atoms with Crippen molar-refractivity contribution in [3.05, 3.63) is 29.8 Å². The first-order valence-electron chi connectivity index (χ1n) is 6.19. The van der Waals surface area contributed by atoms with Crippen LogP contribution in [0.4, 0.5) is 0 Å². The molecule has 1 atom stereocenters. The van der Waals surface area contributed by atoms with Crippen LogP contribution in [-0.4, -0.2) is 47.8 Å². The van der Waals surface area contributed by atoms with Gasteiger partial charge in [0.05, 0.1) is 17.6 Å². The third-order valence-corrected chi connectivity index (χ3v) is 4.43. The molecule has 0 bridgehead atoms. The van der Waals surface area contributed by atoms with Gasteiger partial charge in [-0.05, 0) is 24.1 Å². The summed E-state index contributed by atoms with van der Waals surface area (Å²) in [5, 5.41) is 0. The Hall–Kier alpha value is -0.660. The van der Waals surface area contributed by atoms with Crippen LogP contribution in [0.25, 0.3) is 0 Å². The van der Waals surface area contributed by atoms with E-state index in [-0.39, 0.29) is 17.5 Å². The fourth-order valence-corrected chi connectivity index (χ4v) is 2.91. The maximum atomic E-state index is 12.1. The topological polar surface area (TPSA) is 64.6 Å². The largest absolute Gasteiger partial charge is 0.382 e. The number of hydrogen-bond acceptors (Lipinski definition) is 4. The molecule has 0 spiro atoms. The first kappa shape index (κ1) is 17.4. The lowest BCUT2D eigenvalue weighted by Crippen LogP contribution is -2.35. The van der Waals surface area contributed by atoms with Gasteiger partial charge in [0.2, 0.25) is 10.0 Å². The Morgan fingerprint density at radius 3 is 2.40 bits per heavy atom. The molecule has 0 amide bonds. The fraction of sp³-hybridized carbons (Fsp3) is 0.538. The number of benzene rings is 1. The predicted octanol–water partition coefficient (Wildman–Crippen LogP) is 1.41. The van der Waals surface area contributed by atoms with E-state index in [9.17, 15) is 8.42 Å². The number of alkyl halides is 1. The second-order valence-electron chi connectivity index (χ2n) is 4.25. The van der Waals surface area contributed by atoms with Crippen molar-refractivity contribution in [2.75, 3.05) is 33.3 Å². The standard InChI is InChI=1S/C13H20ClNO4S/c1-18-10-12(19-2)9-15-20(16,17)13-5-3-11(4-6-13)7-8-14/h3-6,12,15H,7-10H2,1-2H3. The minimum absolute atomic E-state index is 0.163. The summed E-state index contributed by atoms with van der Waals surface area (Å²) in [6, 6.07) is 6.67. The van der Waals surface area contributed by atoms with Gasteiger partial charge in [-0.15, -0.1) is 11.6 Å². The van der Waals surface area contributed by atoms with Gasteiger partial charge >= 0.3 is 0 Å². The molecule has 0 saturated heterocycles. The lowest BCUT2D eigenvalue weighted by Gasteiger charge is -2.15. The molecule has 0 heterocycles. The highest BCUT2D eigenvalue weighted by molar-refractivity contribution is 7.89. The molecule has 0 saturated carbocycles. The van der Waals surface area contributed by atoms with E-state index in [4.69, 9.17) is 21.1 Å². The van der Waals surface area contributed by atoms with Crippen LogP contribution in [0.15, 0.2) is 29.2 Å². The van der Waals surface area contributed by atoms with Crippen molar-refractivity contribution in [2.24, 2.45) is 0 Å². The molecule has 1 N–H and O–H groups in total. The van der Waals surface area contributed by atoms with E-state index in [0.717, 1.165) is 12.0 Å². The quantitative estimate of drug-likeness (QED) is 0.698. The molecule has 1 aromatic carbocycles. The Balaban J connectivity index is 2.68. The minimum Gasteiger partial charge on any atom is -0.382 e. The van der Waals surface area contributed by atoms with Crippen LogP contribution in [0, 0.1) is 0 Å². The van der Waals surface area contributed by atoms with Crippen molar-refractivity contribution in [1.82, 2.24) is 4.72 Å². The van der Waals surface area contributed by atoms with E-state index in [1.54, 1.807) is 24.3 Å². The number of nitrogens with one attached hydrogen (secondary N) is 1. The van der Waals surface area contributed by atoms with Crippen molar-refractivity contribution in [3.63, 3.8) is 0 Å². The highest BCUT2D eigenvalue weighted by Gasteiger charge is 2.16. The van der Waals surface area contributed by atoms with Crippen LogP contribution in [-0.2, 0) is 25.9 Å². The maximum absolute atomic E-state index is 12.1. The molecule has 0 aliphatic carbocycles. The molecule has 0 fully saturated rings. The Morgan fingerprint density at radius 1 is 1.25 bits per heavy atom. The molecule has 0 aliphatic rings. The molecule has 1 unspecified atom stereocenters. The third-order valence-electron chi connectivity index (χ3n) is 2.80. The number of aryl methyl sites for hydroxylation is 1. The normalized spacial score (nSPS) is 13.3. The Morgan fingerprint density at radius 2 is 1.90 bits per heavy atom. The number of rotatable bonds is 9. The van der Waals surface area contributed by atoms with Crippen molar-refractivity contribution >= 4 is 21.6 Å². The summed E-state index contributed by atoms with van der Waals surface area (Å²) in [5.41, 5.74) is 1.01. The molecule has 1 rings (SSSR count). The maximum Gasteiger partial charge on any atom is 0.240 e. The molecule has 1 aromatic rings. The summed E-state index contributed by atoms with van der Waals surface area (Å²) in [7, 11) is -0.483. The first-order chi connectivity index (χ1) is 9.53. The van der Waals surface area contributed by atoms with Crippen LogP contribution < -0.4 is 4.72 Å². The van der Waals surface area contributed by atoms with Crippen LogP contribution in [0.3, 0.4) is 0 Å². The Kier molecular flexibility index (Phi) is 7.47. The molecule has 114 valence electrons. The SMILES string of the molecule is COCC(CNS(=O)(=O)c1ccc(CCCl)cc1)OC. The zero-order valence-corrected chi connectivity index (χ0v) is 13.2. The van der Waals surface area contributed by atoms with Gasteiger partial charge in [0.1, 0.15) is 0 Å². The zero-order chi connectivity index (χ0) is 15.0. The zero-order valence-electron chi connectivity index (χ0n) is 11.6. The van der Waals surface area contributed by atoms with Gasteiger partial charge in [-0.2, -0.15) is 0 Å². The second kappa shape index (κ2) is 8.59. The van der Waals surface area contributed by atoms with Crippen molar-refractivity contribution in [2.45, 2.75) is 17.4 Å². The van der Waals surface area contributed by atoms with Gasteiger partial charge in [-0.25, -0.2) is 13.1 Å². The third kappa shape index (κ3) is 5.38. The van der Waals surface area contributed by atoms with E-state index in [1.807, 2.05) is 0 Å². The molecule has 0 aliphatic heterocycles. The van der Waals surface area contributed by atoms with Crippen LogP contribution >= 0.6 is 11.6 Å². The highest BCUT2D eigenvalue weighted by Crippen LogP contribution is 2.11. The van der Waals surface area contributed by atoms with Gasteiger partial charge < -0.3 is 9.47 Å². The molecular formula is C13H20ClNO4S. The minimum atomic E-state index is -3.53. The van der Waals surface area contributed by atoms with Gasteiger partial charge in [0.25, 0.3) is 0 Å². The molecule has 7 heteroatoms. The van der Waals surface area contributed by atoms with Crippen molar-refractivity contribution in [1.29, 1.82) is 0 Å². The lowest BCUT2D eigenvalue weighted by atomic mass is 10.2. The van der Waals surface area contributed by atoms with Gasteiger partial charge in [-0.1, -0.05) is 12.1 Å². The summed E-state index contributed by atoms with van der Waals surface area (Å²) in [4.78, 5) is 0.225. The fourth-order valence-electron chi connectivity index (χ4n) is 1.63. The van der Waals surface area contributed by atoms with E-state index in [2.05, 4.69) is 4.72 Å². The number of halogens is 1. The summed E-state index contributed by atoms with van der Waals surface area (Å²) in [6.45, 7) is 0.490. The van der Waals surface area contributed by atoms with Gasteiger partial charge in [0, 0.05) is 26.6 Å². The Labute approximate surface area is 125 Å². The number of methoxy groups -OCH3 is 2. The summed E-state index contributed by atoms with van der Waals surface area (Å²) in [6.07, 6.45) is 0.403. The predicted molar refractivity (Wildman–Crippen MR) is 78.7 cm³/mol. The first-order valence-corrected chi connectivity index (χ1v) is 8.21. The van der Waals surface area contributed by atoms with E-state index in [0.29, 0.717) is 12.5 Å². The average molecular weight is 322 g/mol. The van der Waals surface area contributed by atoms with Crippen molar-refractivity contribution < 1.29 is 17.9 Å². The molecule has 20 heavy (non-hydrogen) atoms. The van der Waals surface area contributed by atoms with Gasteiger partial charge in [-0.3, -0.25) is 0 Å². The molecule has 0 aromatic heterocycles. The van der Waals surface area contributed by atoms with Gasteiger partial charge in [0.15, 0.2) is 0 Å². The number of hydrogen-bond donors (Lipinski definition) is 1. The van der Waals surface area contributed by atoms with Crippen LogP contribution in [0.5, 0.6) is 0 Å². The number of ether oxygens (including phenoxy) is 2. The monoisotopic (exact) mass is 321 g/mol. The molecule has 0 radical (unpaired) electrons. The van der Waals surface area contributed by atoms with Crippen LogP contribution in [0.2, 0.25) is 0 Å². The van der Waals surface area contributed by atoms with E-state index < -0.39 is 10.0 Å².